The molecule has 6 aliphatic heterocycles. The van der Waals surface area contributed by atoms with Gasteiger partial charge < -0.3 is 28.7 Å². The molecule has 0 radical (unpaired) electrons. The van der Waals surface area contributed by atoms with Gasteiger partial charge in [0.05, 0.1) is 32.0 Å². The number of hydrogen-bond donors (Lipinski definition) is 0. The Balaban J connectivity index is -0.000000624. The zero-order chi connectivity index (χ0) is 47.4. The molecule has 0 aromatic heterocycles. The number of fused-ring (bicyclic) bond motifs is 1. The standard InChI is InChI=1S/2C8H8.C7H13N.C5H6O2.C4H9N.2C4H8O.C3H7N.C3H6O.2C2H6.CH3N3/c1-2-4-8-6-5-7(8)3-1;1-2-8-6-4-3-5-7-8;1-4-6-8(3)7-5-2;1-4-2-3-7-5(4)6;1-5-3-2-4-5;1-4-2-5-3-4;1-4-2-3-5-4;1-4-2-3-4;1-3-2-4-3;2*1-2;1-3-4-2/h1-4H,5-6H2;2-7H,1H2;4-5H,1-2,6-7H2,3H3;2H,3H2,1H3;2-4H2,1H3;2*4H,2-3H2,1H3;2-3H2,1H3;3H,2H2,1H3;2*1-2H3;1H3. The van der Waals surface area contributed by atoms with Crippen molar-refractivity contribution in [3.05, 3.63) is 125 Å². The third-order valence-corrected chi connectivity index (χ3v) is 8.70. The van der Waals surface area contributed by atoms with Gasteiger partial charge in [0.1, 0.15) is 6.61 Å². The van der Waals surface area contributed by atoms with Gasteiger partial charge in [0, 0.05) is 56.2 Å². The normalized spacial score (nSPS) is 18.1. The summed E-state index contributed by atoms with van der Waals surface area (Å²) < 4.78 is 19.0. The third kappa shape index (κ3) is 42.6. The number of azide groups is 1. The molecule has 0 spiro atoms. The fourth-order valence-electron chi connectivity index (χ4n) is 4.06. The summed E-state index contributed by atoms with van der Waals surface area (Å²) in [6.07, 6.45) is 13.8. The van der Waals surface area contributed by atoms with Crippen LogP contribution in [0.3, 0.4) is 0 Å². The van der Waals surface area contributed by atoms with E-state index >= 15 is 0 Å². The topological polar surface area (TPSA) is 116 Å². The van der Waals surface area contributed by atoms with Crippen molar-refractivity contribution < 1.29 is 23.7 Å². The van der Waals surface area contributed by atoms with Gasteiger partial charge in [0.15, 0.2) is 0 Å². The Hall–Kier alpha value is -4.06. The molecule has 2 aromatic rings. The van der Waals surface area contributed by atoms with Gasteiger partial charge in [-0.1, -0.05) is 119 Å². The summed E-state index contributed by atoms with van der Waals surface area (Å²) in [5, 5.41) is 2.92. The van der Waals surface area contributed by atoms with E-state index in [-0.39, 0.29) is 5.97 Å². The van der Waals surface area contributed by atoms with Crippen molar-refractivity contribution in [2.75, 3.05) is 100 Å². The first kappa shape index (κ1) is 62.2. The molecule has 352 valence electrons. The second kappa shape index (κ2) is 45.0. The fourth-order valence-corrected chi connectivity index (χ4v) is 4.06. The van der Waals surface area contributed by atoms with Gasteiger partial charge in [0.2, 0.25) is 0 Å². The predicted octanol–water partition coefficient (Wildman–Crippen LogP) is 11.0. The number of likely N-dealkylation sites (tertiary alicyclic amines) is 1. The summed E-state index contributed by atoms with van der Waals surface area (Å²) in [6.45, 7) is 38.5. The van der Waals surface area contributed by atoms with Crippen LogP contribution in [0.2, 0.25) is 0 Å². The minimum absolute atomic E-state index is 0.181. The molecule has 0 bridgehead atoms. The van der Waals surface area contributed by atoms with Gasteiger partial charge in [-0.3, -0.25) is 4.90 Å². The summed E-state index contributed by atoms with van der Waals surface area (Å²) >= 11 is 0. The van der Waals surface area contributed by atoms with E-state index in [0.717, 1.165) is 51.0 Å². The van der Waals surface area contributed by atoms with Crippen LogP contribution in [0.4, 0.5) is 0 Å². The molecule has 1 aliphatic carbocycles. The first-order valence-electron chi connectivity index (χ1n) is 22.5. The molecular formula is C51H88N6O5. The van der Waals surface area contributed by atoms with Crippen LogP contribution >= 0.6 is 0 Å². The average molecular weight is 865 g/mol. The van der Waals surface area contributed by atoms with Crippen LogP contribution in [0.1, 0.15) is 84.9 Å². The third-order valence-electron chi connectivity index (χ3n) is 8.70. The lowest BCUT2D eigenvalue weighted by Gasteiger charge is -2.24. The fraction of sp³-hybridized carbons (Fsp3) is 0.588. The number of carbonyl (C=O) groups is 1. The van der Waals surface area contributed by atoms with Crippen molar-refractivity contribution in [3.8, 4) is 0 Å². The minimum Gasteiger partial charge on any atom is -0.458 e. The smallest absolute Gasteiger partial charge is 0.333 e. The molecule has 0 amide bonds. The molecule has 11 heteroatoms. The van der Waals surface area contributed by atoms with Crippen molar-refractivity contribution in [2.24, 2.45) is 11.0 Å². The van der Waals surface area contributed by atoms with Crippen LogP contribution in [-0.2, 0) is 36.6 Å². The summed E-state index contributed by atoms with van der Waals surface area (Å²) in [4.78, 5) is 19.3. The van der Waals surface area contributed by atoms with Gasteiger partial charge in [-0.15, -0.1) is 13.2 Å². The molecule has 0 saturated carbocycles. The molecule has 2 unspecified atom stereocenters. The molecule has 5 saturated heterocycles. The van der Waals surface area contributed by atoms with E-state index < -0.39 is 0 Å². The lowest BCUT2D eigenvalue weighted by Crippen LogP contribution is -2.32. The number of hydrogen-bond acceptors (Lipinski definition) is 9. The number of esters is 1. The zero-order valence-corrected chi connectivity index (χ0v) is 41.2. The van der Waals surface area contributed by atoms with Crippen LogP contribution in [0.25, 0.3) is 16.5 Å². The van der Waals surface area contributed by atoms with Crippen molar-refractivity contribution >= 4 is 12.0 Å². The number of cyclic esters (lactones) is 1. The van der Waals surface area contributed by atoms with Crippen LogP contribution in [0.5, 0.6) is 0 Å². The van der Waals surface area contributed by atoms with E-state index in [1.165, 1.54) is 64.5 Å². The van der Waals surface area contributed by atoms with Gasteiger partial charge in [-0.05, 0) is 109 Å². The van der Waals surface area contributed by atoms with Crippen molar-refractivity contribution in [2.45, 2.75) is 93.3 Å². The number of aryl methyl sites for hydroxylation is 2. The molecule has 6 heterocycles. The molecule has 2 atom stereocenters. The van der Waals surface area contributed by atoms with Crippen LogP contribution in [-0.4, -0.2) is 133 Å². The van der Waals surface area contributed by atoms with Gasteiger partial charge in [0.25, 0.3) is 0 Å². The van der Waals surface area contributed by atoms with Gasteiger partial charge in [-0.25, -0.2) is 4.79 Å². The predicted molar refractivity (Wildman–Crippen MR) is 266 cm³/mol. The Morgan fingerprint density at radius 3 is 1.32 bits per heavy atom. The number of nitrogens with zero attached hydrogens (tertiary/aromatic N) is 6. The van der Waals surface area contributed by atoms with Crippen LogP contribution in [0.15, 0.2) is 103 Å². The highest BCUT2D eigenvalue weighted by molar-refractivity contribution is 5.89. The first-order chi connectivity index (χ1) is 29.9. The largest absolute Gasteiger partial charge is 0.458 e. The first-order valence-corrected chi connectivity index (χ1v) is 22.5. The maximum absolute atomic E-state index is 10.3. The number of ether oxygens (including phenoxy) is 4. The van der Waals surface area contributed by atoms with E-state index in [9.17, 15) is 4.79 Å². The van der Waals surface area contributed by atoms with E-state index in [1.807, 2.05) is 83.3 Å². The zero-order valence-electron chi connectivity index (χ0n) is 41.2. The molecule has 62 heavy (non-hydrogen) atoms. The van der Waals surface area contributed by atoms with E-state index in [4.69, 9.17) is 19.7 Å². The van der Waals surface area contributed by atoms with Crippen molar-refractivity contribution in [3.63, 3.8) is 0 Å². The van der Waals surface area contributed by atoms with Crippen LogP contribution in [0, 0.1) is 5.92 Å². The van der Waals surface area contributed by atoms with Crippen molar-refractivity contribution in [1.29, 1.82) is 0 Å². The number of epoxide rings is 1. The Kier molecular flexibility index (Phi) is 45.1. The highest BCUT2D eigenvalue weighted by Gasteiger charge is 2.13. The average Bonchev–Trinajstić information content (AvgIpc) is 4.20. The second-order valence-electron chi connectivity index (χ2n) is 14.7. The Morgan fingerprint density at radius 2 is 1.19 bits per heavy atom. The molecule has 5 fully saturated rings. The maximum Gasteiger partial charge on any atom is 0.333 e. The summed E-state index contributed by atoms with van der Waals surface area (Å²) in [5.41, 5.74) is 12.3. The maximum atomic E-state index is 10.3. The Bertz CT molecular complexity index is 1360. The highest BCUT2D eigenvalue weighted by atomic mass is 16.6. The van der Waals surface area contributed by atoms with E-state index in [2.05, 4.69) is 108 Å². The summed E-state index contributed by atoms with van der Waals surface area (Å²) in [7, 11) is 7.67. The Labute approximate surface area is 379 Å². The summed E-state index contributed by atoms with van der Waals surface area (Å²) in [6, 6.07) is 18.7. The Morgan fingerprint density at radius 1 is 0.806 bits per heavy atom. The number of benzene rings is 2. The lowest BCUT2D eigenvalue weighted by molar-refractivity contribution is -0.135. The van der Waals surface area contributed by atoms with Crippen molar-refractivity contribution in [1.82, 2.24) is 14.7 Å². The quantitative estimate of drug-likeness (QED) is 0.0729. The highest BCUT2D eigenvalue weighted by Crippen LogP contribution is 2.20. The number of likely N-dealkylation sites (N-methyl/N-ethyl adjacent to an activating group) is 2. The minimum atomic E-state index is -0.181. The van der Waals surface area contributed by atoms with E-state index in [1.54, 1.807) is 24.1 Å². The van der Waals surface area contributed by atoms with Gasteiger partial charge >= 0.3 is 5.97 Å². The molecule has 9 rings (SSSR count). The molecule has 7 aliphatic rings. The van der Waals surface area contributed by atoms with Crippen LogP contribution < -0.4 is 0 Å². The molecule has 0 N–H and O–H groups in total. The summed E-state index contributed by atoms with van der Waals surface area (Å²) in [5.74, 6) is 0.662. The van der Waals surface area contributed by atoms with E-state index in [0.29, 0.717) is 18.8 Å². The molecule has 11 nitrogen and oxygen atoms in total. The monoisotopic (exact) mass is 865 g/mol. The lowest BCUT2D eigenvalue weighted by atomic mass is 9.89. The number of carbonyl (C=O) groups excluding carboxylic acids is 1. The SMILES string of the molecule is C=CCN(C)CC=C.C=Cc1ccccc1.CC.CC.CC1=CCOC1=O.CC1CCO1.CC1CO1.CC1COC1.CN1CC1.CN1CCC1.CN=[N+]=[N-].c1ccc2c(c1)CC2. The molecule has 2 aromatic carbocycles. The van der Waals surface area contributed by atoms with Gasteiger partial charge in [-0.2, -0.15) is 0 Å². The second-order valence-corrected chi connectivity index (χ2v) is 14.7. The number of rotatable bonds is 5. The molecular weight excluding hydrogens is 777 g/mol.